The fourth-order valence-corrected chi connectivity index (χ4v) is 1.30. The Morgan fingerprint density at radius 3 is 2.84 bits per heavy atom. The van der Waals surface area contributed by atoms with Crippen molar-refractivity contribution in [3.63, 3.8) is 0 Å². The van der Waals surface area contributed by atoms with Gasteiger partial charge in [-0.1, -0.05) is 0 Å². The molecule has 0 aliphatic carbocycles. The lowest BCUT2D eigenvalue weighted by Gasteiger charge is -2.26. The first-order chi connectivity index (χ1) is 9.17. The van der Waals surface area contributed by atoms with Crippen molar-refractivity contribution in [3.05, 3.63) is 23.9 Å². The second-order valence-corrected chi connectivity index (χ2v) is 4.04. The molecule has 0 spiro atoms. The summed E-state index contributed by atoms with van der Waals surface area (Å²) in [5.41, 5.74) is -0.0324. The highest BCUT2D eigenvalue weighted by molar-refractivity contribution is 5.92. The van der Waals surface area contributed by atoms with E-state index in [0.29, 0.717) is 19.8 Å². The zero-order chi connectivity index (χ0) is 14.1. The van der Waals surface area contributed by atoms with Gasteiger partial charge in [0.1, 0.15) is 17.7 Å². The number of allylic oxidation sites excluding steroid dienone is 2. The normalized spacial score (nSPS) is 15.9. The largest absolute Gasteiger partial charge is 0.465 e. The number of hydrogen-bond donors (Lipinski definition) is 0. The summed E-state index contributed by atoms with van der Waals surface area (Å²) in [6.07, 6.45) is 5.04. The smallest absolute Gasteiger partial charge is 0.348 e. The predicted octanol–water partition coefficient (Wildman–Crippen LogP) is 0.470. The highest BCUT2D eigenvalue weighted by Gasteiger charge is 2.18. The summed E-state index contributed by atoms with van der Waals surface area (Å²) in [5, 5.41) is 8.73. The second kappa shape index (κ2) is 8.29. The highest BCUT2D eigenvalue weighted by atomic mass is 16.6. The van der Waals surface area contributed by atoms with Crippen molar-refractivity contribution in [2.75, 3.05) is 40.5 Å². The molecule has 0 saturated carbocycles. The summed E-state index contributed by atoms with van der Waals surface area (Å²) >= 11 is 0. The SMILES string of the molecule is COC(=O)/C(C#N)=C/C=C/N(C)CCOC1COC1. The second-order valence-electron chi connectivity index (χ2n) is 4.04. The van der Waals surface area contributed by atoms with Gasteiger partial charge in [-0.25, -0.2) is 4.79 Å². The van der Waals surface area contributed by atoms with Crippen LogP contribution in [0.15, 0.2) is 23.9 Å². The van der Waals surface area contributed by atoms with E-state index < -0.39 is 5.97 Å². The predicted molar refractivity (Wildman–Crippen MR) is 68.0 cm³/mol. The number of hydrogen-bond acceptors (Lipinski definition) is 6. The van der Waals surface area contributed by atoms with Gasteiger partial charge in [0, 0.05) is 13.6 Å². The Bertz CT molecular complexity index is 394. The maximum Gasteiger partial charge on any atom is 0.348 e. The van der Waals surface area contributed by atoms with Crippen LogP contribution < -0.4 is 0 Å². The summed E-state index contributed by atoms with van der Waals surface area (Å²) < 4.78 is 15.0. The number of esters is 1. The number of carbonyl (C=O) groups excluding carboxylic acids is 1. The Labute approximate surface area is 112 Å². The third kappa shape index (κ3) is 5.55. The number of ether oxygens (including phenoxy) is 3. The van der Waals surface area contributed by atoms with Crippen LogP contribution in [0.1, 0.15) is 0 Å². The first kappa shape index (κ1) is 15.2. The molecule has 0 aromatic heterocycles. The maximum atomic E-state index is 11.1. The van der Waals surface area contributed by atoms with Crippen LogP contribution >= 0.6 is 0 Å². The molecule has 1 aliphatic rings. The minimum atomic E-state index is -0.636. The molecule has 6 heteroatoms. The molecule has 104 valence electrons. The number of carbonyl (C=O) groups is 1. The van der Waals surface area contributed by atoms with E-state index in [4.69, 9.17) is 14.7 Å². The highest BCUT2D eigenvalue weighted by Crippen LogP contribution is 2.04. The molecule has 0 unspecified atom stereocenters. The molecular formula is C13H18N2O4. The quantitative estimate of drug-likeness (QED) is 0.289. The summed E-state index contributed by atoms with van der Waals surface area (Å²) in [6.45, 7) is 2.68. The van der Waals surface area contributed by atoms with Crippen LogP contribution in [-0.2, 0) is 19.0 Å². The van der Waals surface area contributed by atoms with Crippen molar-refractivity contribution in [3.8, 4) is 6.07 Å². The fourth-order valence-electron chi connectivity index (χ4n) is 1.30. The van der Waals surface area contributed by atoms with E-state index in [9.17, 15) is 4.79 Å². The fraction of sp³-hybridized carbons (Fsp3) is 0.538. The van der Waals surface area contributed by atoms with Gasteiger partial charge in [-0.3, -0.25) is 0 Å². The van der Waals surface area contributed by atoms with E-state index in [2.05, 4.69) is 4.74 Å². The number of nitriles is 1. The van der Waals surface area contributed by atoms with Gasteiger partial charge in [-0.15, -0.1) is 0 Å². The third-order valence-corrected chi connectivity index (χ3v) is 2.53. The van der Waals surface area contributed by atoms with Gasteiger partial charge in [0.05, 0.1) is 26.9 Å². The average Bonchev–Trinajstić information content (AvgIpc) is 2.36. The summed E-state index contributed by atoms with van der Waals surface area (Å²) in [6, 6.07) is 1.78. The van der Waals surface area contributed by atoms with Gasteiger partial charge in [-0.2, -0.15) is 5.26 Å². The lowest BCUT2D eigenvalue weighted by Crippen LogP contribution is -2.37. The van der Waals surface area contributed by atoms with Crippen molar-refractivity contribution < 1.29 is 19.0 Å². The van der Waals surface area contributed by atoms with Gasteiger partial charge in [-0.05, 0) is 18.4 Å². The minimum Gasteiger partial charge on any atom is -0.465 e. The molecule has 1 fully saturated rings. The van der Waals surface area contributed by atoms with E-state index in [-0.39, 0.29) is 11.7 Å². The van der Waals surface area contributed by atoms with E-state index in [1.54, 1.807) is 18.3 Å². The van der Waals surface area contributed by atoms with Gasteiger partial charge in [0.25, 0.3) is 0 Å². The van der Waals surface area contributed by atoms with E-state index in [0.717, 1.165) is 6.54 Å². The van der Waals surface area contributed by atoms with Crippen molar-refractivity contribution in [1.82, 2.24) is 4.90 Å². The molecule has 19 heavy (non-hydrogen) atoms. The van der Waals surface area contributed by atoms with Crippen LogP contribution in [0.5, 0.6) is 0 Å². The molecule has 1 saturated heterocycles. The lowest BCUT2D eigenvalue weighted by molar-refractivity contribution is -0.135. The average molecular weight is 266 g/mol. The Balaban J connectivity index is 2.27. The molecule has 6 nitrogen and oxygen atoms in total. The zero-order valence-electron chi connectivity index (χ0n) is 11.2. The van der Waals surface area contributed by atoms with E-state index >= 15 is 0 Å². The van der Waals surface area contributed by atoms with E-state index in [1.807, 2.05) is 11.9 Å². The summed E-state index contributed by atoms with van der Waals surface area (Å²) in [7, 11) is 3.13. The monoisotopic (exact) mass is 266 g/mol. The molecule has 0 radical (unpaired) electrons. The van der Waals surface area contributed by atoms with Crippen LogP contribution in [-0.4, -0.2) is 57.5 Å². The lowest BCUT2D eigenvalue weighted by atomic mass is 10.3. The number of rotatable bonds is 7. The Kier molecular flexibility index (Phi) is 6.64. The first-order valence-electron chi connectivity index (χ1n) is 5.94. The number of nitrogens with zero attached hydrogens (tertiary/aromatic N) is 2. The molecule has 0 amide bonds. The van der Waals surface area contributed by atoms with Crippen molar-refractivity contribution >= 4 is 5.97 Å². The molecule has 1 rings (SSSR count). The molecule has 0 aromatic rings. The molecular weight excluding hydrogens is 248 g/mol. The molecule has 1 aliphatic heterocycles. The van der Waals surface area contributed by atoms with Crippen molar-refractivity contribution in [1.29, 1.82) is 5.26 Å². The first-order valence-corrected chi connectivity index (χ1v) is 5.94. The summed E-state index contributed by atoms with van der Waals surface area (Å²) in [5.74, 6) is -0.636. The van der Waals surface area contributed by atoms with Gasteiger partial charge in [0.15, 0.2) is 0 Å². The molecule has 1 heterocycles. The van der Waals surface area contributed by atoms with Crippen LogP contribution in [0.25, 0.3) is 0 Å². The van der Waals surface area contributed by atoms with Crippen LogP contribution in [0.4, 0.5) is 0 Å². The van der Waals surface area contributed by atoms with Crippen LogP contribution in [0.3, 0.4) is 0 Å². The minimum absolute atomic E-state index is 0.0324. The van der Waals surface area contributed by atoms with Gasteiger partial charge >= 0.3 is 5.97 Å². The van der Waals surface area contributed by atoms with Crippen molar-refractivity contribution in [2.45, 2.75) is 6.10 Å². The third-order valence-electron chi connectivity index (χ3n) is 2.53. The van der Waals surface area contributed by atoms with Gasteiger partial charge < -0.3 is 19.1 Å². The van der Waals surface area contributed by atoms with Crippen LogP contribution in [0.2, 0.25) is 0 Å². The standard InChI is InChI=1S/C13H18N2O4/c1-15(6-7-19-12-9-18-10-12)5-3-4-11(8-14)13(16)17-2/h3-5,12H,6-7,9-10H2,1-2H3/b5-3+,11-4+. The summed E-state index contributed by atoms with van der Waals surface area (Å²) in [4.78, 5) is 13.0. The van der Waals surface area contributed by atoms with Crippen molar-refractivity contribution in [2.24, 2.45) is 0 Å². The topological polar surface area (TPSA) is 71.8 Å². The molecule has 0 N–H and O–H groups in total. The maximum absolute atomic E-state index is 11.1. The number of methoxy groups -OCH3 is 1. The zero-order valence-corrected chi connectivity index (χ0v) is 11.2. The molecule has 0 aromatic carbocycles. The van der Waals surface area contributed by atoms with Crippen LogP contribution in [0, 0.1) is 11.3 Å². The van der Waals surface area contributed by atoms with Gasteiger partial charge in [0.2, 0.25) is 0 Å². The Morgan fingerprint density at radius 2 is 2.32 bits per heavy atom. The Morgan fingerprint density at radius 1 is 1.58 bits per heavy atom. The van der Waals surface area contributed by atoms with E-state index in [1.165, 1.54) is 13.2 Å². The molecule has 0 bridgehead atoms. The Hall–Kier alpha value is -1.84. The molecule has 0 atom stereocenters. The number of likely N-dealkylation sites (N-methyl/N-ethyl adjacent to an activating group) is 1.